The van der Waals surface area contributed by atoms with E-state index >= 15 is 0 Å². The van der Waals surface area contributed by atoms with Gasteiger partial charge in [-0.3, -0.25) is 0 Å². The lowest BCUT2D eigenvalue weighted by molar-refractivity contribution is 0.0563. The van der Waals surface area contributed by atoms with Crippen LogP contribution >= 0.6 is 0 Å². The minimum absolute atomic E-state index is 0.0252. The van der Waals surface area contributed by atoms with E-state index in [4.69, 9.17) is 4.74 Å². The molecule has 0 radical (unpaired) electrons. The molecule has 1 aliphatic rings. The van der Waals surface area contributed by atoms with Crippen LogP contribution in [0.4, 0.5) is 0 Å². The number of benzene rings is 1. The van der Waals surface area contributed by atoms with Crippen LogP contribution in [0.3, 0.4) is 0 Å². The molecular weight excluding hydrogens is 274 g/mol. The molecular formula is C15H23NO3S. The van der Waals surface area contributed by atoms with Crippen molar-refractivity contribution in [2.24, 2.45) is 5.92 Å². The van der Waals surface area contributed by atoms with Crippen molar-refractivity contribution in [3.63, 3.8) is 0 Å². The fourth-order valence-corrected chi connectivity index (χ4v) is 4.35. The predicted octanol–water partition coefficient (Wildman–Crippen LogP) is 1.83. The third kappa shape index (κ3) is 3.22. The number of hydrogen-bond donors (Lipinski definition) is 0. The standard InChI is InChI=1S/C15H23NO3S/c1-12-6-4-5-7-13(12)10-14-11-19-9-8-15(14)20(17,18)16(2)3/h4-7,14-15H,8-11H2,1-3H3/t14-,15+/m1/s1. The van der Waals surface area contributed by atoms with Crippen molar-refractivity contribution < 1.29 is 13.2 Å². The lowest BCUT2D eigenvalue weighted by Gasteiger charge is -2.33. The number of aryl methyl sites for hydroxylation is 1. The van der Waals surface area contributed by atoms with Gasteiger partial charge in [0.2, 0.25) is 10.0 Å². The third-order valence-electron chi connectivity index (χ3n) is 4.04. The van der Waals surface area contributed by atoms with E-state index in [1.165, 1.54) is 15.4 Å². The first-order chi connectivity index (χ1) is 9.43. The van der Waals surface area contributed by atoms with Gasteiger partial charge in [0, 0.05) is 26.6 Å². The fraction of sp³-hybridized carbons (Fsp3) is 0.600. The molecule has 0 N–H and O–H groups in total. The van der Waals surface area contributed by atoms with E-state index < -0.39 is 10.0 Å². The van der Waals surface area contributed by atoms with Gasteiger partial charge in [-0.1, -0.05) is 24.3 Å². The van der Waals surface area contributed by atoms with Gasteiger partial charge in [-0.05, 0) is 30.9 Å². The van der Waals surface area contributed by atoms with Gasteiger partial charge in [0.15, 0.2) is 0 Å². The molecule has 0 saturated carbocycles. The van der Waals surface area contributed by atoms with E-state index in [2.05, 4.69) is 19.1 Å². The molecule has 0 unspecified atom stereocenters. The summed E-state index contributed by atoms with van der Waals surface area (Å²) in [5.41, 5.74) is 2.42. The maximum atomic E-state index is 12.4. The van der Waals surface area contributed by atoms with Crippen LogP contribution in [0.15, 0.2) is 24.3 Å². The first-order valence-corrected chi connectivity index (χ1v) is 8.47. The summed E-state index contributed by atoms with van der Waals surface area (Å²) in [6.07, 6.45) is 1.33. The van der Waals surface area contributed by atoms with Gasteiger partial charge in [-0.15, -0.1) is 0 Å². The van der Waals surface area contributed by atoms with Crippen LogP contribution in [-0.2, 0) is 21.2 Å². The van der Waals surface area contributed by atoms with E-state index in [9.17, 15) is 8.42 Å². The van der Waals surface area contributed by atoms with Crippen molar-refractivity contribution in [3.05, 3.63) is 35.4 Å². The summed E-state index contributed by atoms with van der Waals surface area (Å²) in [5.74, 6) is 0.0252. The lowest BCUT2D eigenvalue weighted by atomic mass is 9.91. The Bertz CT molecular complexity index is 554. The molecule has 1 aliphatic heterocycles. The fourth-order valence-electron chi connectivity index (χ4n) is 2.75. The third-order valence-corrected chi connectivity index (χ3v) is 6.44. The van der Waals surface area contributed by atoms with Gasteiger partial charge in [0.25, 0.3) is 0 Å². The second-order valence-corrected chi connectivity index (χ2v) is 7.99. The van der Waals surface area contributed by atoms with E-state index in [-0.39, 0.29) is 11.2 Å². The molecule has 1 fully saturated rings. The molecule has 0 bridgehead atoms. The molecule has 0 spiro atoms. The summed E-state index contributed by atoms with van der Waals surface area (Å²) >= 11 is 0. The van der Waals surface area contributed by atoms with E-state index in [1.807, 2.05) is 12.1 Å². The van der Waals surface area contributed by atoms with Crippen molar-refractivity contribution in [1.29, 1.82) is 0 Å². The summed E-state index contributed by atoms with van der Waals surface area (Å²) in [5, 5.41) is -0.342. The van der Waals surface area contributed by atoms with Crippen LogP contribution in [0.5, 0.6) is 0 Å². The van der Waals surface area contributed by atoms with Gasteiger partial charge in [-0.2, -0.15) is 0 Å². The maximum Gasteiger partial charge on any atom is 0.216 e. The molecule has 1 aromatic rings. The normalized spacial score (nSPS) is 24.0. The van der Waals surface area contributed by atoms with Crippen LogP contribution in [0.25, 0.3) is 0 Å². The molecule has 0 aliphatic carbocycles. The van der Waals surface area contributed by atoms with Gasteiger partial charge >= 0.3 is 0 Å². The molecule has 20 heavy (non-hydrogen) atoms. The van der Waals surface area contributed by atoms with Gasteiger partial charge in [0.05, 0.1) is 11.9 Å². The Labute approximate surface area is 121 Å². The van der Waals surface area contributed by atoms with Crippen molar-refractivity contribution in [3.8, 4) is 0 Å². The smallest absolute Gasteiger partial charge is 0.216 e. The Kier molecular flexibility index (Phi) is 4.83. The summed E-state index contributed by atoms with van der Waals surface area (Å²) < 4.78 is 31.7. The maximum absolute atomic E-state index is 12.4. The Morgan fingerprint density at radius 1 is 1.30 bits per heavy atom. The minimum atomic E-state index is -3.23. The van der Waals surface area contributed by atoms with Crippen LogP contribution in [0, 0.1) is 12.8 Å². The zero-order valence-electron chi connectivity index (χ0n) is 12.4. The highest BCUT2D eigenvalue weighted by Crippen LogP contribution is 2.27. The Morgan fingerprint density at radius 3 is 2.65 bits per heavy atom. The van der Waals surface area contributed by atoms with Crippen molar-refractivity contribution in [1.82, 2.24) is 4.31 Å². The zero-order valence-corrected chi connectivity index (χ0v) is 13.2. The van der Waals surface area contributed by atoms with E-state index in [0.717, 1.165) is 6.42 Å². The van der Waals surface area contributed by atoms with Crippen LogP contribution < -0.4 is 0 Å². The molecule has 1 heterocycles. The molecule has 2 rings (SSSR count). The topological polar surface area (TPSA) is 46.6 Å². The summed E-state index contributed by atoms with van der Waals surface area (Å²) in [4.78, 5) is 0. The molecule has 1 aromatic carbocycles. The Morgan fingerprint density at radius 2 is 2.00 bits per heavy atom. The summed E-state index contributed by atoms with van der Waals surface area (Å²) in [6.45, 7) is 3.11. The Balaban J connectivity index is 2.22. The highest BCUT2D eigenvalue weighted by molar-refractivity contribution is 7.89. The minimum Gasteiger partial charge on any atom is -0.381 e. The average molecular weight is 297 g/mol. The molecule has 0 aromatic heterocycles. The molecule has 5 heteroatoms. The first-order valence-electron chi connectivity index (χ1n) is 6.96. The van der Waals surface area contributed by atoms with Crippen LogP contribution in [0.1, 0.15) is 17.5 Å². The zero-order chi connectivity index (χ0) is 14.8. The van der Waals surface area contributed by atoms with Crippen molar-refractivity contribution in [2.45, 2.75) is 25.0 Å². The summed E-state index contributed by atoms with van der Waals surface area (Å²) in [6, 6.07) is 8.14. The highest BCUT2D eigenvalue weighted by Gasteiger charge is 2.37. The second kappa shape index (κ2) is 6.24. The van der Waals surface area contributed by atoms with Gasteiger partial charge < -0.3 is 4.74 Å². The number of rotatable bonds is 4. The van der Waals surface area contributed by atoms with E-state index in [0.29, 0.717) is 19.6 Å². The van der Waals surface area contributed by atoms with Gasteiger partial charge in [-0.25, -0.2) is 12.7 Å². The largest absolute Gasteiger partial charge is 0.381 e. The highest BCUT2D eigenvalue weighted by atomic mass is 32.2. The summed E-state index contributed by atoms with van der Waals surface area (Å²) in [7, 11) is -0.0152. The van der Waals surface area contributed by atoms with Crippen LogP contribution in [-0.4, -0.2) is 45.3 Å². The lowest BCUT2D eigenvalue weighted by Crippen LogP contribution is -2.44. The Hall–Kier alpha value is -0.910. The molecule has 2 atom stereocenters. The van der Waals surface area contributed by atoms with Gasteiger partial charge in [0.1, 0.15) is 0 Å². The molecule has 0 amide bonds. The number of nitrogens with zero attached hydrogens (tertiary/aromatic N) is 1. The number of sulfonamides is 1. The van der Waals surface area contributed by atoms with Crippen molar-refractivity contribution >= 4 is 10.0 Å². The number of ether oxygens (including phenoxy) is 1. The first kappa shape index (κ1) is 15.5. The van der Waals surface area contributed by atoms with Crippen molar-refractivity contribution in [2.75, 3.05) is 27.3 Å². The second-order valence-electron chi connectivity index (χ2n) is 5.62. The quantitative estimate of drug-likeness (QED) is 0.852. The van der Waals surface area contributed by atoms with E-state index in [1.54, 1.807) is 14.1 Å². The predicted molar refractivity (Wildman–Crippen MR) is 80.2 cm³/mol. The monoisotopic (exact) mass is 297 g/mol. The SMILES string of the molecule is Cc1ccccc1C[C@@H]1COCC[C@@H]1S(=O)(=O)N(C)C. The van der Waals surface area contributed by atoms with Crippen LogP contribution in [0.2, 0.25) is 0 Å². The number of hydrogen-bond acceptors (Lipinski definition) is 3. The molecule has 112 valence electrons. The average Bonchev–Trinajstić information content (AvgIpc) is 2.41. The molecule has 1 saturated heterocycles. The molecule has 4 nitrogen and oxygen atoms in total.